The summed E-state index contributed by atoms with van der Waals surface area (Å²) in [4.78, 5) is 28.5. The van der Waals surface area contributed by atoms with Gasteiger partial charge >= 0.3 is 6.03 Å². The second kappa shape index (κ2) is 7.95. The van der Waals surface area contributed by atoms with Gasteiger partial charge in [0.2, 0.25) is 0 Å². The lowest BCUT2D eigenvalue weighted by atomic mass is 9.97. The molecule has 1 heterocycles. The predicted octanol–water partition coefficient (Wildman–Crippen LogP) is 5.30. The van der Waals surface area contributed by atoms with E-state index in [0.717, 1.165) is 33.7 Å². The Morgan fingerprint density at radius 1 is 0.839 bits per heavy atom. The summed E-state index contributed by atoms with van der Waals surface area (Å²) in [6.07, 6.45) is 0.684. The number of urea groups is 1. The maximum absolute atomic E-state index is 14.4. The molecule has 6 heteroatoms. The molecular formula is C25H22F2N2O2. The third-order valence-electron chi connectivity index (χ3n) is 5.66. The second-order valence-electron chi connectivity index (χ2n) is 8.10. The summed E-state index contributed by atoms with van der Waals surface area (Å²) in [7, 11) is 0. The summed E-state index contributed by atoms with van der Waals surface area (Å²) in [5.74, 6) is -2.28. The number of nitrogens with zero attached hydrogens (tertiary/aromatic N) is 2. The third kappa shape index (κ3) is 3.81. The van der Waals surface area contributed by atoms with Crippen LogP contribution in [0.15, 0.2) is 72.8 Å². The van der Waals surface area contributed by atoms with Crippen LogP contribution in [-0.4, -0.2) is 22.4 Å². The molecule has 0 N–H and O–H groups in total. The van der Waals surface area contributed by atoms with E-state index in [1.165, 1.54) is 4.90 Å². The Labute approximate surface area is 179 Å². The summed E-state index contributed by atoms with van der Waals surface area (Å²) in [5, 5.41) is 0. The lowest BCUT2D eigenvalue weighted by Crippen LogP contribution is -2.43. The summed E-state index contributed by atoms with van der Waals surface area (Å²) in [5.41, 5.74) is 1.65. The molecule has 158 valence electrons. The summed E-state index contributed by atoms with van der Waals surface area (Å²) < 4.78 is 27.7. The van der Waals surface area contributed by atoms with Crippen LogP contribution in [-0.2, 0) is 17.8 Å². The van der Waals surface area contributed by atoms with Crippen LogP contribution < -0.4 is 4.90 Å². The lowest BCUT2D eigenvalue weighted by Gasteiger charge is -2.28. The highest BCUT2D eigenvalue weighted by Crippen LogP contribution is 2.35. The maximum Gasteiger partial charge on any atom is 0.332 e. The molecule has 0 spiro atoms. The van der Waals surface area contributed by atoms with Crippen LogP contribution in [0.4, 0.5) is 19.3 Å². The first-order valence-electron chi connectivity index (χ1n) is 10.0. The molecule has 0 aromatic heterocycles. The molecular weight excluding hydrogens is 398 g/mol. The Morgan fingerprint density at radius 3 is 2.16 bits per heavy atom. The van der Waals surface area contributed by atoms with Crippen molar-refractivity contribution < 1.29 is 18.4 Å². The average molecular weight is 420 g/mol. The first kappa shape index (κ1) is 20.7. The van der Waals surface area contributed by atoms with Gasteiger partial charge in [0.1, 0.15) is 17.2 Å². The molecule has 4 nitrogen and oxygen atoms in total. The van der Waals surface area contributed by atoms with Crippen molar-refractivity contribution in [2.24, 2.45) is 0 Å². The Bertz CT molecular complexity index is 1150. The summed E-state index contributed by atoms with van der Waals surface area (Å²) >= 11 is 0. The minimum absolute atomic E-state index is 0.194. The molecule has 4 rings (SSSR count). The van der Waals surface area contributed by atoms with E-state index in [4.69, 9.17) is 0 Å². The molecule has 1 aliphatic rings. The van der Waals surface area contributed by atoms with Gasteiger partial charge in [0.15, 0.2) is 0 Å². The van der Waals surface area contributed by atoms with Crippen LogP contribution in [0, 0.1) is 11.6 Å². The Morgan fingerprint density at radius 2 is 1.48 bits per heavy atom. The average Bonchev–Trinajstić information content (AvgIpc) is 2.90. The van der Waals surface area contributed by atoms with Gasteiger partial charge in [-0.25, -0.2) is 18.5 Å². The van der Waals surface area contributed by atoms with Crippen LogP contribution in [0.5, 0.6) is 0 Å². The second-order valence-corrected chi connectivity index (χ2v) is 8.10. The number of hydrogen-bond donors (Lipinski definition) is 0. The van der Waals surface area contributed by atoms with E-state index in [9.17, 15) is 18.4 Å². The number of imide groups is 1. The monoisotopic (exact) mass is 420 g/mol. The molecule has 3 aromatic rings. The lowest BCUT2D eigenvalue weighted by molar-refractivity contribution is -0.123. The number of benzene rings is 3. The Kier molecular flexibility index (Phi) is 5.31. The topological polar surface area (TPSA) is 40.6 Å². The van der Waals surface area contributed by atoms with Crippen molar-refractivity contribution in [3.63, 3.8) is 0 Å². The van der Waals surface area contributed by atoms with E-state index in [1.807, 2.05) is 54.6 Å². The number of carbonyl (C=O) groups is 2. The zero-order valence-corrected chi connectivity index (χ0v) is 17.3. The third-order valence-corrected chi connectivity index (χ3v) is 5.66. The number of halogens is 2. The number of amides is 3. The van der Waals surface area contributed by atoms with Crippen molar-refractivity contribution in [3.8, 4) is 0 Å². The molecule has 0 aliphatic carbocycles. The molecule has 0 radical (unpaired) electrons. The smallest absolute Gasteiger partial charge is 0.305 e. The fourth-order valence-electron chi connectivity index (χ4n) is 3.85. The van der Waals surface area contributed by atoms with Crippen molar-refractivity contribution in [1.82, 2.24) is 4.90 Å². The van der Waals surface area contributed by atoms with Crippen LogP contribution in [0.25, 0.3) is 0 Å². The van der Waals surface area contributed by atoms with Crippen LogP contribution in [0.1, 0.15) is 30.5 Å². The van der Waals surface area contributed by atoms with Crippen LogP contribution in [0.2, 0.25) is 0 Å². The van der Waals surface area contributed by atoms with Gasteiger partial charge in [0.25, 0.3) is 5.91 Å². The van der Waals surface area contributed by atoms with Crippen molar-refractivity contribution in [1.29, 1.82) is 0 Å². The van der Waals surface area contributed by atoms with Gasteiger partial charge in [-0.2, -0.15) is 0 Å². The molecule has 1 aliphatic heterocycles. The molecule has 3 amide bonds. The van der Waals surface area contributed by atoms with Crippen LogP contribution in [0.3, 0.4) is 0 Å². The van der Waals surface area contributed by atoms with E-state index in [0.29, 0.717) is 12.5 Å². The molecule has 0 unspecified atom stereocenters. The maximum atomic E-state index is 14.4. The molecule has 31 heavy (non-hydrogen) atoms. The van der Waals surface area contributed by atoms with Crippen molar-refractivity contribution in [2.45, 2.75) is 32.4 Å². The first-order valence-corrected chi connectivity index (χ1v) is 10.0. The van der Waals surface area contributed by atoms with Gasteiger partial charge in [-0.05, 0) is 49.1 Å². The van der Waals surface area contributed by atoms with E-state index in [1.54, 1.807) is 13.8 Å². The van der Waals surface area contributed by atoms with E-state index >= 15 is 0 Å². The number of hydrogen-bond acceptors (Lipinski definition) is 2. The van der Waals surface area contributed by atoms with Gasteiger partial charge in [-0.15, -0.1) is 0 Å². The number of anilines is 1. The fraction of sp³-hybridized carbons (Fsp3) is 0.200. The highest BCUT2D eigenvalue weighted by molar-refractivity contribution is 6.23. The summed E-state index contributed by atoms with van der Waals surface area (Å²) in [6.45, 7) is 3.46. The first-order chi connectivity index (χ1) is 14.8. The van der Waals surface area contributed by atoms with Crippen molar-refractivity contribution in [3.05, 3.63) is 101 Å². The molecule has 1 saturated heterocycles. The number of carbonyl (C=O) groups excluding carboxylic acids is 2. The standard InChI is InChI=1S/C25H22F2N2O2/c1-25(2)23(30)29(22-13-12-20(26)15-21(22)27)24(31)28(25)16-19-11-7-6-10-18(19)14-17-8-4-3-5-9-17/h3-13,15H,14,16H2,1-2H3. The van der Waals surface area contributed by atoms with Crippen molar-refractivity contribution >= 4 is 17.6 Å². The van der Waals surface area contributed by atoms with Gasteiger partial charge in [0.05, 0.1) is 5.69 Å². The van der Waals surface area contributed by atoms with E-state index in [-0.39, 0.29) is 12.2 Å². The molecule has 0 bridgehead atoms. The van der Waals surface area contributed by atoms with Gasteiger partial charge in [-0.1, -0.05) is 54.6 Å². The van der Waals surface area contributed by atoms with Gasteiger partial charge in [0, 0.05) is 12.6 Å². The normalized spacial score (nSPS) is 15.6. The van der Waals surface area contributed by atoms with E-state index in [2.05, 4.69) is 0 Å². The molecule has 0 atom stereocenters. The summed E-state index contributed by atoms with van der Waals surface area (Å²) in [6, 6.07) is 19.9. The zero-order valence-electron chi connectivity index (χ0n) is 17.3. The Hall–Kier alpha value is -3.54. The zero-order chi connectivity index (χ0) is 22.2. The molecule has 1 fully saturated rings. The highest BCUT2D eigenvalue weighted by Gasteiger charge is 2.52. The quantitative estimate of drug-likeness (QED) is 0.526. The van der Waals surface area contributed by atoms with Gasteiger partial charge in [-0.3, -0.25) is 4.79 Å². The van der Waals surface area contributed by atoms with Gasteiger partial charge < -0.3 is 4.90 Å². The van der Waals surface area contributed by atoms with Crippen molar-refractivity contribution in [2.75, 3.05) is 4.90 Å². The minimum Gasteiger partial charge on any atom is -0.305 e. The Balaban J connectivity index is 1.66. The largest absolute Gasteiger partial charge is 0.332 e. The predicted molar refractivity (Wildman–Crippen MR) is 115 cm³/mol. The SMILES string of the molecule is CC1(C)C(=O)N(c2ccc(F)cc2F)C(=O)N1Cc1ccccc1Cc1ccccc1. The highest BCUT2D eigenvalue weighted by atomic mass is 19.1. The minimum atomic E-state index is -1.18. The van der Waals surface area contributed by atoms with Crippen LogP contribution >= 0.6 is 0 Å². The van der Waals surface area contributed by atoms with E-state index < -0.39 is 29.1 Å². The molecule has 0 saturated carbocycles. The fourth-order valence-corrected chi connectivity index (χ4v) is 3.85. The molecule has 3 aromatic carbocycles. The number of rotatable bonds is 5.